The van der Waals surface area contributed by atoms with Gasteiger partial charge in [0.25, 0.3) is 0 Å². The molecule has 2 heterocycles. The molecule has 3 unspecified atom stereocenters. The number of hydrogen-bond acceptors (Lipinski definition) is 4. The predicted molar refractivity (Wildman–Crippen MR) is 123 cm³/mol. The van der Waals surface area contributed by atoms with Crippen LogP contribution in [0.3, 0.4) is 0 Å². The average molecular weight is 453 g/mol. The highest BCUT2D eigenvalue weighted by Crippen LogP contribution is 2.38. The molecule has 7 heteroatoms. The van der Waals surface area contributed by atoms with Crippen LogP contribution in [0.2, 0.25) is 0 Å². The van der Waals surface area contributed by atoms with Crippen molar-refractivity contribution in [2.45, 2.75) is 56.4 Å². The largest absolute Gasteiger partial charge is 0.496 e. The van der Waals surface area contributed by atoms with E-state index in [1.807, 2.05) is 6.07 Å². The van der Waals surface area contributed by atoms with Crippen molar-refractivity contribution in [1.29, 1.82) is 0 Å². The quantitative estimate of drug-likeness (QED) is 0.671. The Bertz CT molecular complexity index is 955. The third-order valence-corrected chi connectivity index (χ3v) is 8.53. The van der Waals surface area contributed by atoms with Gasteiger partial charge < -0.3 is 15.0 Å². The summed E-state index contributed by atoms with van der Waals surface area (Å²) in [6, 6.07) is 9.78. The Morgan fingerprint density at radius 1 is 1.10 bits per heavy atom. The van der Waals surface area contributed by atoms with E-state index in [2.05, 4.69) is 16.4 Å². The van der Waals surface area contributed by atoms with Crippen molar-refractivity contribution in [2.75, 3.05) is 19.4 Å². The number of methoxy groups -OCH3 is 1. The zero-order valence-corrected chi connectivity index (χ0v) is 19.4. The van der Waals surface area contributed by atoms with E-state index in [0.29, 0.717) is 16.7 Å². The molecule has 2 aliphatic rings. The Labute approximate surface area is 186 Å². The number of halogens is 1. The van der Waals surface area contributed by atoms with E-state index in [0.717, 1.165) is 36.1 Å². The van der Waals surface area contributed by atoms with Crippen LogP contribution in [-0.4, -0.2) is 38.9 Å². The van der Waals surface area contributed by atoms with Crippen LogP contribution < -0.4 is 10.1 Å². The lowest BCUT2D eigenvalue weighted by Crippen LogP contribution is -2.48. The molecule has 0 bridgehead atoms. The van der Waals surface area contributed by atoms with Gasteiger partial charge in [0.05, 0.1) is 17.8 Å². The Morgan fingerprint density at radius 2 is 1.90 bits per heavy atom. The van der Waals surface area contributed by atoms with Gasteiger partial charge in [0, 0.05) is 29.4 Å². The van der Waals surface area contributed by atoms with Gasteiger partial charge in [0.1, 0.15) is 5.75 Å². The van der Waals surface area contributed by atoms with Gasteiger partial charge in [-0.25, -0.2) is 8.42 Å². The number of benzene rings is 1. The van der Waals surface area contributed by atoms with Crippen LogP contribution in [0.5, 0.6) is 5.75 Å². The first kappa shape index (κ1) is 23.2. The molecule has 2 fully saturated rings. The number of piperidine rings is 1. The van der Waals surface area contributed by atoms with Gasteiger partial charge in [0.2, 0.25) is 0 Å². The van der Waals surface area contributed by atoms with Gasteiger partial charge >= 0.3 is 0 Å². The van der Waals surface area contributed by atoms with Gasteiger partial charge in [-0.3, -0.25) is 0 Å². The topological polar surface area (TPSA) is 71.2 Å². The summed E-state index contributed by atoms with van der Waals surface area (Å²) in [5.74, 6) is 2.42. The Kier molecular flexibility index (Phi) is 7.53. The number of fused-ring (bicyclic) bond motifs is 1. The maximum atomic E-state index is 12.3. The summed E-state index contributed by atoms with van der Waals surface area (Å²) in [5.41, 5.74) is 2.89. The predicted octanol–water partition coefficient (Wildman–Crippen LogP) is 4.62. The Hall–Kier alpha value is -1.50. The van der Waals surface area contributed by atoms with Gasteiger partial charge in [-0.05, 0) is 61.6 Å². The van der Waals surface area contributed by atoms with E-state index < -0.39 is 9.84 Å². The molecular weight excluding hydrogens is 420 g/mol. The van der Waals surface area contributed by atoms with Gasteiger partial charge in [-0.15, -0.1) is 12.4 Å². The molecular formula is C23H33ClN2O3S. The fraction of sp³-hybridized carbons (Fsp3) is 0.565. The molecule has 1 aromatic heterocycles. The van der Waals surface area contributed by atoms with Crippen molar-refractivity contribution in [1.82, 2.24) is 10.3 Å². The summed E-state index contributed by atoms with van der Waals surface area (Å²) in [5, 5.41) is 3.75. The lowest BCUT2D eigenvalue weighted by molar-refractivity contribution is 0.133. The van der Waals surface area contributed by atoms with Crippen LogP contribution in [0, 0.1) is 11.8 Å². The average Bonchev–Trinajstić information content (AvgIpc) is 3.22. The van der Waals surface area contributed by atoms with E-state index in [9.17, 15) is 8.42 Å². The summed E-state index contributed by atoms with van der Waals surface area (Å²) < 4.78 is 30.2. The minimum atomic E-state index is -3.26. The van der Waals surface area contributed by atoms with E-state index in [-0.39, 0.29) is 18.2 Å². The normalized spacial score (nSPS) is 24.0. The van der Waals surface area contributed by atoms with Crippen LogP contribution in [-0.2, 0) is 16.3 Å². The highest BCUT2D eigenvalue weighted by molar-refractivity contribution is 7.91. The molecule has 3 atom stereocenters. The summed E-state index contributed by atoms with van der Waals surface area (Å²) in [6.07, 6.45) is 7.75. The first-order valence-corrected chi connectivity index (χ1v) is 12.5. The summed E-state index contributed by atoms with van der Waals surface area (Å²) in [4.78, 5) is 3.87. The second-order valence-corrected chi connectivity index (χ2v) is 10.7. The Morgan fingerprint density at radius 3 is 2.67 bits per heavy atom. The van der Waals surface area contributed by atoms with Crippen LogP contribution in [0.15, 0.2) is 35.2 Å². The van der Waals surface area contributed by atoms with E-state index >= 15 is 0 Å². The molecule has 1 saturated heterocycles. The number of sulfone groups is 1. The standard InChI is InChI=1S/C23H32N2O3S.ClH/c1-3-29(26,27)18-9-11-23(28-2)20(15-18)21-10-8-17(25-21)14-22-19-7-5-4-6-16(19)12-13-24-22;/h8-11,15-16,19,22,24-25H,3-7,12-14H2,1-2H3;1H. The SMILES string of the molecule is CCS(=O)(=O)c1ccc(OC)c(-c2ccc(CC3NCCC4CCCCC43)[nH]2)c1.Cl. The zero-order chi connectivity index (χ0) is 20.4. The van der Waals surface area contributed by atoms with Crippen molar-refractivity contribution in [3.63, 3.8) is 0 Å². The molecule has 30 heavy (non-hydrogen) atoms. The van der Waals surface area contributed by atoms with Gasteiger partial charge in [0.15, 0.2) is 9.84 Å². The minimum absolute atomic E-state index is 0. The first-order valence-electron chi connectivity index (χ1n) is 10.8. The Balaban J connectivity index is 0.00000256. The van der Waals surface area contributed by atoms with Crippen LogP contribution in [0.1, 0.15) is 44.7 Å². The molecule has 0 amide bonds. The summed E-state index contributed by atoms with van der Waals surface area (Å²) >= 11 is 0. The summed E-state index contributed by atoms with van der Waals surface area (Å²) in [6.45, 7) is 2.78. The van der Waals surface area contributed by atoms with E-state index in [1.165, 1.54) is 37.8 Å². The first-order chi connectivity index (χ1) is 14.0. The highest BCUT2D eigenvalue weighted by atomic mass is 35.5. The molecule has 0 spiro atoms. The van der Waals surface area contributed by atoms with Gasteiger partial charge in [-0.2, -0.15) is 0 Å². The molecule has 4 rings (SSSR count). The minimum Gasteiger partial charge on any atom is -0.496 e. The lowest BCUT2D eigenvalue weighted by Gasteiger charge is -2.42. The number of aromatic nitrogens is 1. The van der Waals surface area contributed by atoms with Crippen LogP contribution in [0.4, 0.5) is 0 Å². The molecule has 1 aliphatic heterocycles. The fourth-order valence-electron chi connectivity index (χ4n) is 5.16. The number of ether oxygens (including phenoxy) is 1. The third-order valence-electron chi connectivity index (χ3n) is 6.79. The van der Waals surface area contributed by atoms with Gasteiger partial charge in [-0.1, -0.05) is 26.2 Å². The number of aromatic amines is 1. The molecule has 1 aliphatic carbocycles. The second-order valence-electron chi connectivity index (χ2n) is 8.42. The molecule has 2 aromatic rings. The summed E-state index contributed by atoms with van der Waals surface area (Å²) in [7, 11) is -1.65. The number of nitrogens with one attached hydrogen (secondary N) is 2. The van der Waals surface area contributed by atoms with E-state index in [1.54, 1.807) is 32.2 Å². The molecule has 2 N–H and O–H groups in total. The lowest BCUT2D eigenvalue weighted by atomic mass is 9.71. The monoisotopic (exact) mass is 452 g/mol. The van der Waals surface area contributed by atoms with Crippen molar-refractivity contribution in [2.24, 2.45) is 11.8 Å². The van der Waals surface area contributed by atoms with Crippen molar-refractivity contribution in [3.05, 3.63) is 36.0 Å². The second kappa shape index (κ2) is 9.75. The number of rotatable bonds is 6. The van der Waals surface area contributed by atoms with Crippen LogP contribution in [0.25, 0.3) is 11.3 Å². The fourth-order valence-corrected chi connectivity index (χ4v) is 6.07. The number of hydrogen-bond donors (Lipinski definition) is 2. The maximum absolute atomic E-state index is 12.3. The van der Waals surface area contributed by atoms with E-state index in [4.69, 9.17) is 4.74 Å². The zero-order valence-electron chi connectivity index (χ0n) is 17.8. The maximum Gasteiger partial charge on any atom is 0.178 e. The third kappa shape index (κ3) is 4.71. The molecule has 1 saturated carbocycles. The van der Waals surface area contributed by atoms with Crippen molar-refractivity contribution in [3.8, 4) is 17.0 Å². The smallest absolute Gasteiger partial charge is 0.178 e. The van der Waals surface area contributed by atoms with Crippen LogP contribution >= 0.6 is 12.4 Å². The van der Waals surface area contributed by atoms with Crippen molar-refractivity contribution < 1.29 is 13.2 Å². The molecule has 1 aromatic carbocycles. The highest BCUT2D eigenvalue weighted by Gasteiger charge is 2.34. The number of H-pyrrole nitrogens is 1. The van der Waals surface area contributed by atoms with Crippen molar-refractivity contribution >= 4 is 22.2 Å². The molecule has 5 nitrogen and oxygen atoms in total. The molecule has 166 valence electrons. The molecule has 0 radical (unpaired) electrons.